The summed E-state index contributed by atoms with van der Waals surface area (Å²) in [5.74, 6) is 0. The summed E-state index contributed by atoms with van der Waals surface area (Å²) in [6.07, 6.45) is 6.96. The molecule has 0 aromatic carbocycles. The van der Waals surface area contributed by atoms with Gasteiger partial charge < -0.3 is 0 Å². The Morgan fingerprint density at radius 2 is 2.20 bits per heavy atom. The van der Waals surface area contributed by atoms with E-state index in [9.17, 15) is 0 Å². The minimum atomic E-state index is 1.01. The fourth-order valence-corrected chi connectivity index (χ4v) is 0.863. The van der Waals surface area contributed by atoms with Gasteiger partial charge >= 0.3 is 0 Å². The Balaban J connectivity index is 2.89. The zero-order chi connectivity index (χ0) is 6.81. The van der Waals surface area contributed by atoms with Gasteiger partial charge in [0.2, 0.25) is 0 Å². The topological polar surface area (TPSA) is 25.8 Å². The van der Waals surface area contributed by atoms with Crippen LogP contribution in [0.25, 0.3) is 10.8 Å². The van der Waals surface area contributed by atoms with Gasteiger partial charge in [0.15, 0.2) is 0 Å². The van der Waals surface area contributed by atoms with E-state index in [0.29, 0.717) is 0 Å². The van der Waals surface area contributed by atoms with Crippen molar-refractivity contribution in [1.82, 2.24) is 9.97 Å². The third-order valence-electron chi connectivity index (χ3n) is 1.36. The molecule has 2 aromatic rings. The minimum absolute atomic E-state index is 1.01. The van der Waals surface area contributed by atoms with Crippen LogP contribution in [0.3, 0.4) is 0 Å². The van der Waals surface area contributed by atoms with Crippen LogP contribution in [0, 0.1) is 6.07 Å². The highest BCUT2D eigenvalue weighted by Gasteiger charge is 1.87. The summed E-state index contributed by atoms with van der Waals surface area (Å²) in [5, 5.41) is 2.09. The van der Waals surface area contributed by atoms with Gasteiger partial charge in [-0.25, -0.2) is 0 Å². The lowest BCUT2D eigenvalue weighted by Crippen LogP contribution is -1.75. The smallest absolute Gasteiger partial charge is 0.0354 e. The highest BCUT2D eigenvalue weighted by atomic mass is 14.6. The molecule has 2 nitrogen and oxygen atoms in total. The molecule has 0 saturated carbocycles. The number of nitrogens with zero attached hydrogens (tertiary/aromatic N) is 2. The fourth-order valence-electron chi connectivity index (χ4n) is 0.863. The summed E-state index contributed by atoms with van der Waals surface area (Å²) in [6, 6.07) is 4.89. The van der Waals surface area contributed by atoms with Crippen molar-refractivity contribution < 1.29 is 0 Å². The molecule has 0 aliphatic heterocycles. The second kappa shape index (κ2) is 2.06. The van der Waals surface area contributed by atoms with E-state index in [0.717, 1.165) is 10.8 Å². The maximum Gasteiger partial charge on any atom is 0.0354 e. The SMILES string of the molecule is [c]1cncc2ccncc12. The summed E-state index contributed by atoms with van der Waals surface area (Å²) in [7, 11) is 0. The van der Waals surface area contributed by atoms with Gasteiger partial charge in [0.05, 0.1) is 0 Å². The predicted molar refractivity (Wildman–Crippen MR) is 38.4 cm³/mol. The Kier molecular flexibility index (Phi) is 1.10. The molecule has 0 amide bonds. The van der Waals surface area contributed by atoms with E-state index in [1.807, 2.05) is 6.07 Å². The van der Waals surface area contributed by atoms with Crippen LogP contribution in [0.2, 0.25) is 0 Å². The normalized spacial score (nSPS) is 10.0. The van der Waals surface area contributed by atoms with Crippen LogP contribution in [0.4, 0.5) is 0 Å². The van der Waals surface area contributed by atoms with Crippen LogP contribution < -0.4 is 0 Å². The van der Waals surface area contributed by atoms with Crippen LogP contribution in [-0.2, 0) is 0 Å². The summed E-state index contributed by atoms with van der Waals surface area (Å²) < 4.78 is 0. The molecule has 0 bridgehead atoms. The van der Waals surface area contributed by atoms with Gasteiger partial charge in [0.25, 0.3) is 0 Å². The van der Waals surface area contributed by atoms with Gasteiger partial charge in [-0.3, -0.25) is 9.97 Å². The van der Waals surface area contributed by atoms with Crippen LogP contribution in [0.15, 0.2) is 30.9 Å². The van der Waals surface area contributed by atoms with Crippen molar-refractivity contribution >= 4 is 10.8 Å². The van der Waals surface area contributed by atoms with E-state index < -0.39 is 0 Å². The zero-order valence-electron chi connectivity index (χ0n) is 5.28. The third kappa shape index (κ3) is 0.739. The molecule has 0 aliphatic carbocycles. The molecule has 0 spiro atoms. The molecule has 0 aliphatic rings. The molecule has 2 rings (SSSR count). The lowest BCUT2D eigenvalue weighted by molar-refractivity contribution is 1.32. The average molecular weight is 129 g/mol. The minimum Gasteiger partial charge on any atom is -0.264 e. The molecule has 2 heterocycles. The average Bonchev–Trinajstić information content (AvgIpc) is 2.05. The summed E-state index contributed by atoms with van der Waals surface area (Å²) in [6.45, 7) is 0. The monoisotopic (exact) mass is 129 g/mol. The Labute approximate surface area is 58.6 Å². The first-order valence-electron chi connectivity index (χ1n) is 3.02. The lowest BCUT2D eigenvalue weighted by Gasteiger charge is -1.90. The molecule has 0 N–H and O–H groups in total. The van der Waals surface area contributed by atoms with Crippen LogP contribution in [-0.4, -0.2) is 9.97 Å². The molecule has 0 atom stereocenters. The van der Waals surface area contributed by atoms with Gasteiger partial charge in [-0.05, 0) is 6.07 Å². The second-order valence-electron chi connectivity index (χ2n) is 2.01. The summed E-state index contributed by atoms with van der Waals surface area (Å²) in [5.41, 5.74) is 0. The largest absolute Gasteiger partial charge is 0.264 e. The van der Waals surface area contributed by atoms with Gasteiger partial charge in [-0.2, -0.15) is 0 Å². The molecule has 0 saturated heterocycles. The molecule has 10 heavy (non-hydrogen) atoms. The number of fused-ring (bicyclic) bond motifs is 1. The first-order chi connectivity index (χ1) is 4.97. The maximum atomic E-state index is 3.95. The fraction of sp³-hybridized carbons (Fsp3) is 0. The van der Waals surface area contributed by atoms with Crippen molar-refractivity contribution in [2.75, 3.05) is 0 Å². The number of hydrogen-bond acceptors (Lipinski definition) is 2. The summed E-state index contributed by atoms with van der Waals surface area (Å²) >= 11 is 0. The summed E-state index contributed by atoms with van der Waals surface area (Å²) in [4.78, 5) is 7.88. The number of rotatable bonds is 0. The highest BCUT2D eigenvalue weighted by molar-refractivity contribution is 5.79. The standard InChI is InChI=1S/C8H5N2/c1-3-9-6-8-2-4-10-5-7(1)8/h1,3-6H. The van der Waals surface area contributed by atoms with E-state index in [1.54, 1.807) is 24.8 Å². The molecule has 2 aromatic heterocycles. The molecule has 1 radical (unpaired) electrons. The first-order valence-corrected chi connectivity index (χ1v) is 3.02. The molecular weight excluding hydrogens is 124 g/mol. The predicted octanol–water partition coefficient (Wildman–Crippen LogP) is 1.43. The second-order valence-corrected chi connectivity index (χ2v) is 2.01. The maximum absolute atomic E-state index is 3.95. The third-order valence-corrected chi connectivity index (χ3v) is 1.36. The van der Waals surface area contributed by atoms with E-state index in [2.05, 4.69) is 16.0 Å². The van der Waals surface area contributed by atoms with Gasteiger partial charge in [0, 0.05) is 41.6 Å². The van der Waals surface area contributed by atoms with Gasteiger partial charge in [-0.15, -0.1) is 0 Å². The van der Waals surface area contributed by atoms with Crippen LogP contribution in [0.5, 0.6) is 0 Å². The van der Waals surface area contributed by atoms with Crippen molar-refractivity contribution in [2.45, 2.75) is 0 Å². The number of aromatic nitrogens is 2. The highest BCUT2D eigenvalue weighted by Crippen LogP contribution is 2.06. The lowest BCUT2D eigenvalue weighted by atomic mass is 10.2. The molecular formula is C8H5N2. The molecule has 0 fully saturated rings. The Morgan fingerprint density at radius 3 is 3.10 bits per heavy atom. The van der Waals surface area contributed by atoms with Crippen molar-refractivity contribution in [1.29, 1.82) is 0 Å². The van der Waals surface area contributed by atoms with Crippen molar-refractivity contribution in [2.24, 2.45) is 0 Å². The number of pyridine rings is 2. The first kappa shape index (κ1) is 5.35. The van der Waals surface area contributed by atoms with Crippen LogP contribution >= 0.6 is 0 Å². The zero-order valence-corrected chi connectivity index (χ0v) is 5.28. The Hall–Kier alpha value is -1.44. The van der Waals surface area contributed by atoms with E-state index in [-0.39, 0.29) is 0 Å². The quantitative estimate of drug-likeness (QED) is 0.537. The van der Waals surface area contributed by atoms with E-state index >= 15 is 0 Å². The van der Waals surface area contributed by atoms with Crippen molar-refractivity contribution in [3.8, 4) is 0 Å². The van der Waals surface area contributed by atoms with Gasteiger partial charge in [0.1, 0.15) is 0 Å². The van der Waals surface area contributed by atoms with Crippen molar-refractivity contribution in [3.05, 3.63) is 36.9 Å². The molecule has 47 valence electrons. The van der Waals surface area contributed by atoms with E-state index in [4.69, 9.17) is 0 Å². The molecule has 0 unspecified atom stereocenters. The van der Waals surface area contributed by atoms with Crippen molar-refractivity contribution in [3.63, 3.8) is 0 Å². The van der Waals surface area contributed by atoms with E-state index in [1.165, 1.54) is 0 Å². The number of hydrogen-bond donors (Lipinski definition) is 0. The Bertz CT molecular complexity index is 278. The molecule has 2 heteroatoms. The van der Waals surface area contributed by atoms with Gasteiger partial charge in [-0.1, -0.05) is 0 Å². The Morgan fingerprint density at radius 1 is 1.20 bits per heavy atom. The van der Waals surface area contributed by atoms with Crippen LogP contribution in [0.1, 0.15) is 0 Å².